The number of allylic oxidation sites excluding steroid dienone is 6. The minimum atomic E-state index is 0.0948. The average Bonchev–Trinajstić information content (AvgIpc) is 2.12. The van der Waals surface area contributed by atoms with Crippen molar-refractivity contribution in [2.45, 2.75) is 41.5 Å². The number of nitrogens with zero attached hydrogens (tertiary/aromatic N) is 1. The van der Waals surface area contributed by atoms with Crippen LogP contribution in [0.25, 0.3) is 0 Å². The SMILES string of the molecule is C\C=C/C=C(C)/C=C(\N=C/C)C(C)(C)C. The molecule has 0 unspecified atom stereocenters. The van der Waals surface area contributed by atoms with Gasteiger partial charge in [0, 0.05) is 17.3 Å². The Morgan fingerprint density at radius 2 is 1.73 bits per heavy atom. The van der Waals surface area contributed by atoms with Crippen molar-refractivity contribution in [2.75, 3.05) is 0 Å². The molecule has 0 aromatic heterocycles. The Labute approximate surface area is 94.3 Å². The molecule has 0 aliphatic carbocycles. The topological polar surface area (TPSA) is 12.4 Å². The van der Waals surface area contributed by atoms with Gasteiger partial charge in [-0.05, 0) is 32.4 Å². The highest BCUT2D eigenvalue weighted by Gasteiger charge is 2.15. The standard InChI is InChI=1S/C14H23N/c1-7-9-10-12(3)11-13(15-8-2)14(4,5)6/h7-11H,1-6H3/b9-7-,12-10+,13-11-,15-8-. The van der Waals surface area contributed by atoms with Gasteiger partial charge in [0.25, 0.3) is 0 Å². The number of hydrogen-bond acceptors (Lipinski definition) is 1. The second-order valence-electron chi connectivity index (χ2n) is 4.60. The van der Waals surface area contributed by atoms with E-state index >= 15 is 0 Å². The summed E-state index contributed by atoms with van der Waals surface area (Å²) in [6.45, 7) is 12.6. The first-order chi connectivity index (χ1) is 6.91. The Kier molecular flexibility index (Phi) is 5.92. The van der Waals surface area contributed by atoms with Gasteiger partial charge in [-0.1, -0.05) is 39.0 Å². The zero-order valence-corrected chi connectivity index (χ0v) is 10.8. The van der Waals surface area contributed by atoms with E-state index in [-0.39, 0.29) is 5.41 Å². The predicted octanol–water partition coefficient (Wildman–Crippen LogP) is 4.53. The molecule has 1 nitrogen and oxygen atoms in total. The van der Waals surface area contributed by atoms with Crippen molar-refractivity contribution in [1.29, 1.82) is 0 Å². The van der Waals surface area contributed by atoms with Crippen LogP contribution in [0.4, 0.5) is 0 Å². The lowest BCUT2D eigenvalue weighted by Gasteiger charge is -2.19. The third-order valence-electron chi connectivity index (χ3n) is 1.95. The summed E-state index contributed by atoms with van der Waals surface area (Å²) in [6.07, 6.45) is 10.1. The molecule has 0 amide bonds. The minimum absolute atomic E-state index is 0.0948. The van der Waals surface area contributed by atoms with E-state index in [1.807, 2.05) is 32.2 Å². The van der Waals surface area contributed by atoms with Crippen molar-refractivity contribution in [2.24, 2.45) is 10.4 Å². The zero-order valence-electron chi connectivity index (χ0n) is 10.8. The van der Waals surface area contributed by atoms with Crippen molar-refractivity contribution in [3.05, 3.63) is 35.6 Å². The third-order valence-corrected chi connectivity index (χ3v) is 1.95. The van der Waals surface area contributed by atoms with Crippen molar-refractivity contribution < 1.29 is 0 Å². The van der Waals surface area contributed by atoms with Crippen LogP contribution in [-0.4, -0.2) is 6.21 Å². The van der Waals surface area contributed by atoms with Gasteiger partial charge in [0.15, 0.2) is 0 Å². The monoisotopic (exact) mass is 205 g/mol. The Morgan fingerprint density at radius 1 is 1.13 bits per heavy atom. The van der Waals surface area contributed by atoms with Gasteiger partial charge >= 0.3 is 0 Å². The molecular weight excluding hydrogens is 182 g/mol. The molecule has 0 aliphatic heterocycles. The molecule has 15 heavy (non-hydrogen) atoms. The van der Waals surface area contributed by atoms with Crippen LogP contribution in [-0.2, 0) is 0 Å². The van der Waals surface area contributed by atoms with Crippen molar-refractivity contribution in [1.82, 2.24) is 0 Å². The first kappa shape index (κ1) is 13.9. The Balaban J connectivity index is 5.01. The van der Waals surface area contributed by atoms with E-state index < -0.39 is 0 Å². The summed E-state index contributed by atoms with van der Waals surface area (Å²) in [5.74, 6) is 0. The molecule has 0 saturated carbocycles. The van der Waals surface area contributed by atoms with E-state index in [9.17, 15) is 0 Å². The molecule has 0 aliphatic rings. The molecule has 0 fully saturated rings. The fourth-order valence-electron chi connectivity index (χ4n) is 1.10. The molecule has 0 heterocycles. The molecule has 0 aromatic carbocycles. The Morgan fingerprint density at radius 3 is 2.13 bits per heavy atom. The normalized spacial score (nSPS) is 15.6. The fraction of sp³-hybridized carbons (Fsp3) is 0.500. The molecule has 0 atom stereocenters. The maximum absolute atomic E-state index is 4.41. The molecule has 0 aromatic rings. The van der Waals surface area contributed by atoms with E-state index in [2.05, 4.69) is 44.8 Å². The summed E-state index contributed by atoms with van der Waals surface area (Å²) >= 11 is 0. The first-order valence-corrected chi connectivity index (χ1v) is 5.42. The van der Waals surface area contributed by atoms with Gasteiger partial charge < -0.3 is 0 Å². The van der Waals surface area contributed by atoms with Gasteiger partial charge in [-0.3, -0.25) is 4.99 Å². The Bertz CT molecular complexity index is 296. The second-order valence-corrected chi connectivity index (χ2v) is 4.60. The maximum Gasteiger partial charge on any atom is 0.0455 e. The van der Waals surface area contributed by atoms with E-state index in [1.54, 1.807) is 0 Å². The van der Waals surface area contributed by atoms with Gasteiger partial charge in [0.1, 0.15) is 0 Å². The first-order valence-electron chi connectivity index (χ1n) is 5.42. The van der Waals surface area contributed by atoms with Crippen LogP contribution in [0.1, 0.15) is 41.5 Å². The fourth-order valence-corrected chi connectivity index (χ4v) is 1.10. The molecule has 0 bridgehead atoms. The van der Waals surface area contributed by atoms with Crippen LogP contribution in [0.3, 0.4) is 0 Å². The molecule has 0 spiro atoms. The van der Waals surface area contributed by atoms with E-state index in [4.69, 9.17) is 0 Å². The summed E-state index contributed by atoms with van der Waals surface area (Å²) in [6, 6.07) is 0. The van der Waals surface area contributed by atoms with Gasteiger partial charge in [-0.15, -0.1) is 0 Å². The van der Waals surface area contributed by atoms with Crippen molar-refractivity contribution >= 4 is 6.21 Å². The lowest BCUT2D eigenvalue weighted by atomic mass is 9.91. The summed E-state index contributed by atoms with van der Waals surface area (Å²) in [4.78, 5) is 4.41. The second kappa shape index (κ2) is 6.39. The highest BCUT2D eigenvalue weighted by Crippen LogP contribution is 2.27. The average molecular weight is 205 g/mol. The highest BCUT2D eigenvalue weighted by molar-refractivity contribution is 5.56. The largest absolute Gasteiger partial charge is 0.265 e. The predicted molar refractivity (Wildman–Crippen MR) is 70.3 cm³/mol. The highest BCUT2D eigenvalue weighted by atomic mass is 14.7. The van der Waals surface area contributed by atoms with Crippen LogP contribution in [0.2, 0.25) is 0 Å². The van der Waals surface area contributed by atoms with Gasteiger partial charge in [-0.2, -0.15) is 0 Å². The lowest BCUT2D eigenvalue weighted by Crippen LogP contribution is -2.07. The van der Waals surface area contributed by atoms with Crippen LogP contribution >= 0.6 is 0 Å². The minimum Gasteiger partial charge on any atom is -0.265 e. The van der Waals surface area contributed by atoms with Crippen LogP contribution in [0.5, 0.6) is 0 Å². The van der Waals surface area contributed by atoms with E-state index in [0.29, 0.717) is 0 Å². The Hall–Kier alpha value is -1.11. The van der Waals surface area contributed by atoms with Crippen LogP contribution in [0.15, 0.2) is 40.6 Å². The van der Waals surface area contributed by atoms with Crippen LogP contribution < -0.4 is 0 Å². The molecule has 0 rings (SSSR count). The van der Waals surface area contributed by atoms with Gasteiger partial charge in [0.05, 0.1) is 0 Å². The van der Waals surface area contributed by atoms with Gasteiger partial charge in [-0.25, -0.2) is 0 Å². The number of hydrogen-bond donors (Lipinski definition) is 0. The summed E-state index contributed by atoms with van der Waals surface area (Å²) in [5, 5.41) is 0. The molecular formula is C14H23N. The van der Waals surface area contributed by atoms with Gasteiger partial charge in [0.2, 0.25) is 0 Å². The van der Waals surface area contributed by atoms with Crippen molar-refractivity contribution in [3.8, 4) is 0 Å². The number of rotatable bonds is 3. The third kappa shape index (κ3) is 6.05. The van der Waals surface area contributed by atoms with Crippen molar-refractivity contribution in [3.63, 3.8) is 0 Å². The van der Waals surface area contributed by atoms with E-state index in [0.717, 1.165) is 5.70 Å². The summed E-state index contributed by atoms with van der Waals surface area (Å²) < 4.78 is 0. The maximum atomic E-state index is 4.41. The number of aliphatic imine (C=N–C) groups is 1. The molecule has 0 N–H and O–H groups in total. The van der Waals surface area contributed by atoms with E-state index in [1.165, 1.54) is 5.57 Å². The molecule has 0 saturated heterocycles. The smallest absolute Gasteiger partial charge is 0.0455 e. The summed E-state index contributed by atoms with van der Waals surface area (Å²) in [7, 11) is 0. The summed E-state index contributed by atoms with van der Waals surface area (Å²) in [5.41, 5.74) is 2.43. The van der Waals surface area contributed by atoms with Crippen LogP contribution in [0, 0.1) is 5.41 Å². The molecule has 0 radical (unpaired) electrons. The quantitative estimate of drug-likeness (QED) is 0.474. The molecule has 1 heteroatoms. The lowest BCUT2D eigenvalue weighted by molar-refractivity contribution is 0.498. The molecule has 84 valence electrons. The zero-order chi connectivity index (χ0) is 11.9.